The van der Waals surface area contributed by atoms with Gasteiger partial charge in [-0.2, -0.15) is 0 Å². The second kappa shape index (κ2) is 9.06. The Balaban J connectivity index is 1.60. The minimum atomic E-state index is -3.65. The van der Waals surface area contributed by atoms with Crippen molar-refractivity contribution >= 4 is 44.7 Å². The van der Waals surface area contributed by atoms with Crippen molar-refractivity contribution in [3.05, 3.63) is 71.2 Å². The van der Waals surface area contributed by atoms with Crippen molar-refractivity contribution < 1.29 is 18.0 Å². The summed E-state index contributed by atoms with van der Waals surface area (Å²) in [5.74, 6) is -0.317. The molecule has 10 heteroatoms. The van der Waals surface area contributed by atoms with Gasteiger partial charge in [-0.25, -0.2) is 13.4 Å². The molecular formula is C20H20N4O4S2. The summed E-state index contributed by atoms with van der Waals surface area (Å²) in [5, 5.41) is 4.33. The molecule has 3 rings (SSSR count). The third-order valence-electron chi connectivity index (χ3n) is 4.05. The number of hydrogen-bond donors (Lipinski definition) is 2. The van der Waals surface area contributed by atoms with Gasteiger partial charge in [0.25, 0.3) is 15.9 Å². The molecule has 0 atom stereocenters. The Labute approximate surface area is 178 Å². The van der Waals surface area contributed by atoms with Crippen LogP contribution in [0.15, 0.2) is 64.3 Å². The molecule has 30 heavy (non-hydrogen) atoms. The molecule has 0 saturated carbocycles. The third-order valence-corrected chi connectivity index (χ3v) is 6.83. The fraction of sp³-hybridized carbons (Fsp3) is 0.150. The van der Waals surface area contributed by atoms with Crippen molar-refractivity contribution in [2.45, 2.75) is 11.1 Å². The molecule has 0 unspecified atom stereocenters. The predicted molar refractivity (Wildman–Crippen MR) is 116 cm³/mol. The van der Waals surface area contributed by atoms with Crippen LogP contribution in [-0.2, 0) is 14.8 Å². The highest BCUT2D eigenvalue weighted by Crippen LogP contribution is 2.20. The summed E-state index contributed by atoms with van der Waals surface area (Å²) in [7, 11) is -2.14. The molecule has 0 bridgehead atoms. The first-order chi connectivity index (χ1) is 14.2. The Kier molecular flexibility index (Phi) is 6.48. The van der Waals surface area contributed by atoms with Gasteiger partial charge in [0.2, 0.25) is 5.91 Å². The van der Waals surface area contributed by atoms with Gasteiger partial charge in [-0.1, -0.05) is 6.07 Å². The smallest absolute Gasteiger partial charge is 0.271 e. The van der Waals surface area contributed by atoms with Crippen molar-refractivity contribution in [3.63, 3.8) is 0 Å². The van der Waals surface area contributed by atoms with Gasteiger partial charge in [0.05, 0.1) is 6.54 Å². The fourth-order valence-electron chi connectivity index (χ4n) is 2.60. The normalized spacial score (nSPS) is 11.0. The number of carbonyl (C=O) groups is 2. The summed E-state index contributed by atoms with van der Waals surface area (Å²) in [4.78, 5) is 30.1. The highest BCUT2D eigenvalue weighted by Gasteiger charge is 2.17. The molecule has 0 aliphatic heterocycles. The topological polar surface area (TPSA) is 108 Å². The lowest BCUT2D eigenvalue weighted by atomic mass is 10.2. The Hall–Kier alpha value is -3.24. The minimum Gasteiger partial charge on any atom is -0.332 e. The van der Waals surface area contributed by atoms with E-state index < -0.39 is 10.0 Å². The number of nitrogens with zero attached hydrogens (tertiary/aromatic N) is 2. The van der Waals surface area contributed by atoms with Gasteiger partial charge in [-0.05, 0) is 60.3 Å². The second-order valence-corrected chi connectivity index (χ2v) is 9.40. The van der Waals surface area contributed by atoms with Crippen LogP contribution < -0.4 is 10.0 Å². The van der Waals surface area contributed by atoms with Crippen LogP contribution in [0.4, 0.5) is 11.5 Å². The van der Waals surface area contributed by atoms with Crippen LogP contribution in [0.25, 0.3) is 0 Å². The van der Waals surface area contributed by atoms with E-state index in [2.05, 4.69) is 15.0 Å². The highest BCUT2D eigenvalue weighted by molar-refractivity contribution is 7.94. The van der Waals surface area contributed by atoms with E-state index in [9.17, 15) is 18.0 Å². The van der Waals surface area contributed by atoms with E-state index in [1.54, 1.807) is 23.7 Å². The second-order valence-electron chi connectivity index (χ2n) is 6.54. The van der Waals surface area contributed by atoms with E-state index in [4.69, 9.17) is 0 Å². The summed E-state index contributed by atoms with van der Waals surface area (Å²) >= 11 is 1.11. The maximum absolute atomic E-state index is 12.6. The number of carbonyl (C=O) groups excluding carboxylic acids is 2. The van der Waals surface area contributed by atoms with Crippen LogP contribution in [0.2, 0.25) is 0 Å². The molecule has 8 nitrogen and oxygen atoms in total. The Morgan fingerprint density at radius 1 is 1.13 bits per heavy atom. The average molecular weight is 445 g/mol. The largest absolute Gasteiger partial charge is 0.332 e. The van der Waals surface area contributed by atoms with E-state index in [1.165, 1.54) is 42.3 Å². The Bertz CT molecular complexity index is 1140. The molecule has 0 aliphatic rings. The van der Waals surface area contributed by atoms with Crippen LogP contribution in [-0.4, -0.2) is 43.7 Å². The first kappa shape index (κ1) is 21.5. The number of likely N-dealkylation sites (N-methyl/N-ethyl adjacent to an activating group) is 1. The molecule has 0 aliphatic carbocycles. The van der Waals surface area contributed by atoms with Crippen molar-refractivity contribution in [1.29, 1.82) is 0 Å². The summed E-state index contributed by atoms with van der Waals surface area (Å²) in [6.07, 6.45) is 1.59. The van der Waals surface area contributed by atoms with Crippen LogP contribution in [0, 0.1) is 6.92 Å². The quantitative estimate of drug-likeness (QED) is 0.582. The Morgan fingerprint density at radius 2 is 1.87 bits per heavy atom. The lowest BCUT2D eigenvalue weighted by Crippen LogP contribution is -2.35. The van der Waals surface area contributed by atoms with E-state index in [-0.39, 0.29) is 22.6 Å². The average Bonchev–Trinajstić information content (AvgIpc) is 3.23. The molecule has 0 spiro atoms. The maximum atomic E-state index is 12.6. The van der Waals surface area contributed by atoms with Crippen molar-refractivity contribution in [3.8, 4) is 0 Å². The van der Waals surface area contributed by atoms with Crippen molar-refractivity contribution in [2.24, 2.45) is 0 Å². The van der Waals surface area contributed by atoms with Crippen LogP contribution in [0.5, 0.6) is 0 Å². The molecule has 2 N–H and O–H groups in total. The number of benzene rings is 1. The van der Waals surface area contributed by atoms with Crippen molar-refractivity contribution in [2.75, 3.05) is 23.6 Å². The molecule has 0 saturated heterocycles. The van der Waals surface area contributed by atoms with E-state index >= 15 is 0 Å². The lowest BCUT2D eigenvalue weighted by molar-refractivity contribution is -0.116. The maximum Gasteiger partial charge on any atom is 0.271 e. The molecule has 1 aromatic carbocycles. The van der Waals surface area contributed by atoms with Crippen LogP contribution in [0.1, 0.15) is 15.9 Å². The number of anilines is 2. The molecule has 3 aromatic rings. The molecule has 2 heterocycles. The van der Waals surface area contributed by atoms with Gasteiger partial charge >= 0.3 is 0 Å². The standard InChI is InChI=1S/C20H20N4O4S2/c1-14-9-10-21-17(12-14)22-18(25)13-24(2)20(26)15-5-7-16(8-6-15)23-30(27,28)19-4-3-11-29-19/h3-12,23H,13H2,1-2H3,(H,21,22,25). The summed E-state index contributed by atoms with van der Waals surface area (Å²) in [6.45, 7) is 1.73. The molecule has 0 fully saturated rings. The van der Waals surface area contributed by atoms with Gasteiger partial charge < -0.3 is 10.2 Å². The van der Waals surface area contributed by atoms with Gasteiger partial charge in [0, 0.05) is 24.5 Å². The van der Waals surface area contributed by atoms with E-state index in [1.807, 2.05) is 13.0 Å². The van der Waals surface area contributed by atoms with Gasteiger partial charge in [0.15, 0.2) is 0 Å². The van der Waals surface area contributed by atoms with Crippen LogP contribution >= 0.6 is 11.3 Å². The van der Waals surface area contributed by atoms with Crippen molar-refractivity contribution in [1.82, 2.24) is 9.88 Å². The number of rotatable bonds is 7. The van der Waals surface area contributed by atoms with E-state index in [0.29, 0.717) is 17.1 Å². The summed E-state index contributed by atoms with van der Waals surface area (Å²) in [6, 6.07) is 12.7. The van der Waals surface area contributed by atoms with Gasteiger partial charge in [-0.3, -0.25) is 14.3 Å². The summed E-state index contributed by atoms with van der Waals surface area (Å²) in [5.41, 5.74) is 1.63. The number of hydrogen-bond acceptors (Lipinski definition) is 6. The molecule has 156 valence electrons. The monoisotopic (exact) mass is 444 g/mol. The summed E-state index contributed by atoms with van der Waals surface area (Å²) < 4.78 is 27.2. The number of amides is 2. The number of pyridine rings is 1. The fourth-order valence-corrected chi connectivity index (χ4v) is 4.65. The zero-order valence-electron chi connectivity index (χ0n) is 16.3. The third kappa shape index (κ3) is 5.43. The van der Waals surface area contributed by atoms with Gasteiger partial charge in [-0.15, -0.1) is 11.3 Å². The lowest BCUT2D eigenvalue weighted by Gasteiger charge is -2.17. The predicted octanol–water partition coefficient (Wildman–Crippen LogP) is 2.96. The zero-order valence-corrected chi connectivity index (χ0v) is 18.0. The number of thiophene rings is 1. The first-order valence-corrected chi connectivity index (χ1v) is 11.3. The number of nitrogens with one attached hydrogen (secondary N) is 2. The highest BCUT2D eigenvalue weighted by atomic mass is 32.2. The molecular weight excluding hydrogens is 424 g/mol. The number of aromatic nitrogens is 1. The van der Waals surface area contributed by atoms with Gasteiger partial charge in [0.1, 0.15) is 10.0 Å². The first-order valence-electron chi connectivity index (χ1n) is 8.89. The van der Waals surface area contributed by atoms with E-state index in [0.717, 1.165) is 16.9 Å². The minimum absolute atomic E-state index is 0.152. The zero-order chi connectivity index (χ0) is 21.7. The number of aryl methyl sites for hydroxylation is 1. The SMILES string of the molecule is Cc1ccnc(NC(=O)CN(C)C(=O)c2ccc(NS(=O)(=O)c3cccs3)cc2)c1. The number of sulfonamides is 1. The molecule has 2 amide bonds. The molecule has 0 radical (unpaired) electrons. The van der Waals surface area contributed by atoms with Crippen LogP contribution in [0.3, 0.4) is 0 Å². The molecule has 2 aromatic heterocycles. The Morgan fingerprint density at radius 3 is 2.50 bits per heavy atom.